The fraction of sp³-hybridized carbons (Fsp3) is 0.833. The molecule has 0 amide bonds. The van der Waals surface area contributed by atoms with Crippen LogP contribution in [-0.4, -0.2) is 74.6 Å². The zero-order valence-electron chi connectivity index (χ0n) is 7.83. The fourth-order valence-corrected chi connectivity index (χ4v) is 1.21. The van der Waals surface area contributed by atoms with Crippen LogP contribution in [0, 0.1) is 0 Å². The van der Waals surface area contributed by atoms with Crippen molar-refractivity contribution in [3.05, 3.63) is 0 Å². The highest BCUT2D eigenvalue weighted by Crippen LogP contribution is 2.07. The van der Waals surface area contributed by atoms with Gasteiger partial charge in [-0.05, 0) is 0 Å². The standard InChI is InChI=1S/C6H12O9S/c7-1-2(8)3(9)4(10)5(11)6(12)16(13,14)15/h2-4,6-10,12H,1H2,(H,13,14,15)/t2-,3-,4+,6?/m1/s1. The van der Waals surface area contributed by atoms with E-state index in [0.717, 1.165) is 0 Å². The predicted octanol–water partition coefficient (Wildman–Crippen LogP) is -4.16. The second-order valence-electron chi connectivity index (χ2n) is 2.96. The monoisotopic (exact) mass is 260 g/mol. The minimum absolute atomic E-state index is 0.993. The van der Waals surface area contributed by atoms with Gasteiger partial charge in [0.05, 0.1) is 6.61 Å². The van der Waals surface area contributed by atoms with Gasteiger partial charge in [-0.15, -0.1) is 0 Å². The summed E-state index contributed by atoms with van der Waals surface area (Å²) in [6, 6.07) is 0. The molecule has 0 spiro atoms. The number of hydrogen-bond donors (Lipinski definition) is 6. The summed E-state index contributed by atoms with van der Waals surface area (Å²) in [4.78, 5) is 11.0. The van der Waals surface area contributed by atoms with Crippen molar-refractivity contribution >= 4 is 15.9 Å². The lowest BCUT2D eigenvalue weighted by Gasteiger charge is -2.21. The molecule has 96 valence electrons. The van der Waals surface area contributed by atoms with E-state index < -0.39 is 46.3 Å². The number of Topliss-reactive ketones (excluding diaryl/α,β-unsaturated/α-hetero) is 1. The van der Waals surface area contributed by atoms with Crippen LogP contribution in [0.1, 0.15) is 0 Å². The molecule has 0 aliphatic rings. The van der Waals surface area contributed by atoms with Crippen LogP contribution < -0.4 is 0 Å². The molecule has 10 heteroatoms. The van der Waals surface area contributed by atoms with Gasteiger partial charge in [-0.3, -0.25) is 9.35 Å². The highest BCUT2D eigenvalue weighted by atomic mass is 32.2. The maximum absolute atomic E-state index is 11.0. The number of ketones is 1. The van der Waals surface area contributed by atoms with Crippen LogP contribution in [0.4, 0.5) is 0 Å². The minimum atomic E-state index is -5.12. The number of carbonyl (C=O) groups excluding carboxylic acids is 1. The molecule has 0 rings (SSSR count). The van der Waals surface area contributed by atoms with Crippen molar-refractivity contribution in [1.82, 2.24) is 0 Å². The smallest absolute Gasteiger partial charge is 0.299 e. The van der Waals surface area contributed by atoms with E-state index in [-0.39, 0.29) is 0 Å². The van der Waals surface area contributed by atoms with Crippen molar-refractivity contribution in [3.63, 3.8) is 0 Å². The van der Waals surface area contributed by atoms with E-state index in [2.05, 4.69) is 0 Å². The lowest BCUT2D eigenvalue weighted by atomic mass is 10.1. The Morgan fingerprint density at radius 1 is 1.12 bits per heavy atom. The number of aliphatic hydroxyl groups is 5. The van der Waals surface area contributed by atoms with E-state index in [1.807, 2.05) is 0 Å². The third-order valence-electron chi connectivity index (χ3n) is 1.72. The molecule has 0 aliphatic carbocycles. The molecule has 0 aromatic heterocycles. The molecule has 6 N–H and O–H groups in total. The highest BCUT2D eigenvalue weighted by molar-refractivity contribution is 7.87. The summed E-state index contributed by atoms with van der Waals surface area (Å²) in [5.41, 5.74) is -2.93. The molecule has 16 heavy (non-hydrogen) atoms. The van der Waals surface area contributed by atoms with Gasteiger partial charge in [0, 0.05) is 0 Å². The second-order valence-corrected chi connectivity index (χ2v) is 4.43. The number of carbonyl (C=O) groups is 1. The number of hydrogen-bond acceptors (Lipinski definition) is 8. The second kappa shape index (κ2) is 5.63. The molecular formula is C6H12O9S. The highest BCUT2D eigenvalue weighted by Gasteiger charge is 2.38. The molecule has 4 atom stereocenters. The van der Waals surface area contributed by atoms with Crippen molar-refractivity contribution < 1.29 is 43.3 Å². The minimum Gasteiger partial charge on any atom is -0.394 e. The van der Waals surface area contributed by atoms with Crippen LogP contribution >= 0.6 is 0 Å². The van der Waals surface area contributed by atoms with E-state index in [1.54, 1.807) is 0 Å². The Balaban J connectivity index is 4.75. The summed E-state index contributed by atoms with van der Waals surface area (Å²) in [5, 5.41) is 43.9. The largest absolute Gasteiger partial charge is 0.394 e. The molecular weight excluding hydrogens is 248 g/mol. The Hall–Kier alpha value is -0.620. The van der Waals surface area contributed by atoms with E-state index in [0.29, 0.717) is 0 Å². The summed E-state index contributed by atoms with van der Waals surface area (Å²) < 4.78 is 28.9. The zero-order chi connectivity index (χ0) is 13.1. The summed E-state index contributed by atoms with van der Waals surface area (Å²) in [6.45, 7) is -0.993. The van der Waals surface area contributed by atoms with Crippen molar-refractivity contribution in [2.24, 2.45) is 0 Å². The van der Waals surface area contributed by atoms with Gasteiger partial charge in [-0.2, -0.15) is 8.42 Å². The molecule has 1 unspecified atom stereocenters. The number of rotatable bonds is 6. The molecule has 0 saturated carbocycles. The molecule has 0 saturated heterocycles. The third kappa shape index (κ3) is 3.75. The Bertz CT molecular complexity index is 336. The van der Waals surface area contributed by atoms with E-state index >= 15 is 0 Å². The predicted molar refractivity (Wildman–Crippen MR) is 47.7 cm³/mol. The van der Waals surface area contributed by atoms with Crippen LogP contribution in [0.3, 0.4) is 0 Å². The van der Waals surface area contributed by atoms with Gasteiger partial charge < -0.3 is 25.5 Å². The lowest BCUT2D eigenvalue weighted by Crippen LogP contribution is -2.49. The molecule has 0 bridgehead atoms. The van der Waals surface area contributed by atoms with Gasteiger partial charge in [-0.1, -0.05) is 0 Å². The maximum atomic E-state index is 11.0. The fourth-order valence-electron chi connectivity index (χ4n) is 0.780. The lowest BCUT2D eigenvalue weighted by molar-refractivity contribution is -0.144. The number of aliphatic hydroxyl groups excluding tert-OH is 5. The van der Waals surface area contributed by atoms with Gasteiger partial charge >= 0.3 is 0 Å². The van der Waals surface area contributed by atoms with Gasteiger partial charge in [0.2, 0.25) is 11.2 Å². The van der Waals surface area contributed by atoms with Gasteiger partial charge in [0.15, 0.2) is 0 Å². The Morgan fingerprint density at radius 2 is 1.56 bits per heavy atom. The van der Waals surface area contributed by atoms with Crippen LogP contribution in [0.15, 0.2) is 0 Å². The SMILES string of the molecule is O=C(C(O)S(=O)(=O)O)[C@@H](O)[C@H](O)[C@H](O)CO. The quantitative estimate of drug-likeness (QED) is 0.259. The normalized spacial score (nSPS) is 19.9. The van der Waals surface area contributed by atoms with Crippen molar-refractivity contribution in [3.8, 4) is 0 Å². The van der Waals surface area contributed by atoms with Crippen molar-refractivity contribution in [2.45, 2.75) is 23.7 Å². The molecule has 0 aliphatic heterocycles. The van der Waals surface area contributed by atoms with Crippen molar-refractivity contribution in [1.29, 1.82) is 0 Å². The van der Waals surface area contributed by atoms with Crippen LogP contribution in [0.25, 0.3) is 0 Å². The summed E-state index contributed by atoms with van der Waals surface area (Å²) in [6.07, 6.45) is -6.54. The van der Waals surface area contributed by atoms with Gasteiger partial charge in [0.1, 0.15) is 18.3 Å². The molecule has 0 radical (unpaired) electrons. The van der Waals surface area contributed by atoms with Crippen molar-refractivity contribution in [2.75, 3.05) is 6.61 Å². The average molecular weight is 260 g/mol. The Morgan fingerprint density at radius 3 is 1.88 bits per heavy atom. The maximum Gasteiger partial charge on any atom is 0.299 e. The first-order chi connectivity index (χ1) is 7.12. The first-order valence-electron chi connectivity index (χ1n) is 3.96. The first-order valence-corrected chi connectivity index (χ1v) is 5.46. The third-order valence-corrected chi connectivity index (χ3v) is 2.52. The van der Waals surface area contributed by atoms with Crippen LogP contribution in [-0.2, 0) is 14.9 Å². The van der Waals surface area contributed by atoms with Gasteiger partial charge in [0.25, 0.3) is 10.1 Å². The molecule has 0 fully saturated rings. The Kier molecular flexibility index (Phi) is 5.41. The average Bonchev–Trinajstić information content (AvgIpc) is 2.22. The summed E-state index contributed by atoms with van der Waals surface area (Å²) in [5.74, 6) is -1.82. The zero-order valence-corrected chi connectivity index (χ0v) is 8.65. The van der Waals surface area contributed by atoms with Crippen LogP contribution in [0.2, 0.25) is 0 Å². The summed E-state index contributed by atoms with van der Waals surface area (Å²) in [7, 11) is -5.12. The molecule has 0 heterocycles. The molecule has 9 nitrogen and oxygen atoms in total. The first kappa shape index (κ1) is 15.4. The van der Waals surface area contributed by atoms with E-state index in [9.17, 15) is 13.2 Å². The van der Waals surface area contributed by atoms with E-state index in [4.69, 9.17) is 30.1 Å². The molecule has 0 aromatic rings. The molecule has 0 aromatic carbocycles. The van der Waals surface area contributed by atoms with Gasteiger partial charge in [-0.25, -0.2) is 0 Å². The Labute approximate surface area is 90.3 Å². The van der Waals surface area contributed by atoms with E-state index in [1.165, 1.54) is 0 Å². The topological polar surface area (TPSA) is 173 Å². The van der Waals surface area contributed by atoms with Crippen LogP contribution in [0.5, 0.6) is 0 Å². The summed E-state index contributed by atoms with van der Waals surface area (Å²) >= 11 is 0.